The smallest absolute Gasteiger partial charge is 0.308 e. The van der Waals surface area contributed by atoms with Gasteiger partial charge in [0.25, 0.3) is 0 Å². The van der Waals surface area contributed by atoms with E-state index >= 15 is 0 Å². The van der Waals surface area contributed by atoms with Crippen molar-refractivity contribution in [1.82, 2.24) is 4.98 Å². The number of ketones is 1. The fourth-order valence-corrected chi connectivity index (χ4v) is 1.08. The van der Waals surface area contributed by atoms with Crippen LogP contribution in [0.3, 0.4) is 0 Å². The van der Waals surface area contributed by atoms with Crippen molar-refractivity contribution in [3.05, 3.63) is 18.0 Å². The Morgan fingerprint density at radius 2 is 2.00 bits per heavy atom. The van der Waals surface area contributed by atoms with Crippen LogP contribution in [0.4, 0.5) is 0 Å². The highest BCUT2D eigenvalue weighted by Crippen LogP contribution is 2.29. The number of ether oxygens (including phenoxy) is 2. The Morgan fingerprint density at radius 3 is 2.47 bits per heavy atom. The maximum absolute atomic E-state index is 11.2. The van der Waals surface area contributed by atoms with E-state index in [-0.39, 0.29) is 17.2 Å². The van der Waals surface area contributed by atoms with Crippen molar-refractivity contribution in [3.63, 3.8) is 0 Å². The SMILES string of the molecule is COc1ccnc(C(C)=O)c1OC(C)=O. The first-order valence-corrected chi connectivity index (χ1v) is 4.28. The number of pyridine rings is 1. The number of methoxy groups -OCH3 is 1. The molecule has 0 spiro atoms. The summed E-state index contributed by atoms with van der Waals surface area (Å²) in [4.78, 5) is 25.9. The first-order chi connectivity index (χ1) is 7.06. The molecule has 5 heteroatoms. The Balaban J connectivity index is 3.26. The summed E-state index contributed by atoms with van der Waals surface area (Å²) in [5.41, 5.74) is 0.0875. The van der Waals surface area contributed by atoms with Crippen LogP contribution in [-0.4, -0.2) is 23.8 Å². The third-order valence-electron chi connectivity index (χ3n) is 1.67. The highest BCUT2D eigenvalue weighted by molar-refractivity contribution is 5.96. The normalized spacial score (nSPS) is 9.53. The second kappa shape index (κ2) is 4.54. The molecule has 0 aliphatic heterocycles. The lowest BCUT2D eigenvalue weighted by molar-refractivity contribution is -0.132. The van der Waals surface area contributed by atoms with Gasteiger partial charge in [-0.15, -0.1) is 0 Å². The van der Waals surface area contributed by atoms with Gasteiger partial charge in [-0.3, -0.25) is 9.59 Å². The minimum atomic E-state index is -0.524. The maximum Gasteiger partial charge on any atom is 0.308 e. The number of Topliss-reactive ketones (excluding diaryl/α,β-unsaturated/α-hetero) is 1. The van der Waals surface area contributed by atoms with Crippen LogP contribution < -0.4 is 9.47 Å². The van der Waals surface area contributed by atoms with Crippen LogP contribution in [0.1, 0.15) is 24.3 Å². The van der Waals surface area contributed by atoms with Gasteiger partial charge in [0.15, 0.2) is 17.2 Å². The number of hydrogen-bond acceptors (Lipinski definition) is 5. The Hall–Kier alpha value is -1.91. The van der Waals surface area contributed by atoms with Gasteiger partial charge in [0, 0.05) is 26.1 Å². The van der Waals surface area contributed by atoms with E-state index in [9.17, 15) is 9.59 Å². The number of aromatic nitrogens is 1. The highest BCUT2D eigenvalue weighted by atomic mass is 16.6. The minimum Gasteiger partial charge on any atom is -0.493 e. The Labute approximate surface area is 87.0 Å². The summed E-state index contributed by atoms with van der Waals surface area (Å²) >= 11 is 0. The van der Waals surface area contributed by atoms with Gasteiger partial charge in [-0.05, 0) is 0 Å². The average Bonchev–Trinajstić information content (AvgIpc) is 2.16. The van der Waals surface area contributed by atoms with Crippen molar-refractivity contribution in [2.24, 2.45) is 0 Å². The molecule has 0 bridgehead atoms. The van der Waals surface area contributed by atoms with Crippen LogP contribution in [-0.2, 0) is 4.79 Å². The Morgan fingerprint density at radius 1 is 1.33 bits per heavy atom. The third kappa shape index (κ3) is 2.52. The van der Waals surface area contributed by atoms with E-state index in [4.69, 9.17) is 9.47 Å². The number of hydrogen-bond donors (Lipinski definition) is 0. The fraction of sp³-hybridized carbons (Fsp3) is 0.300. The van der Waals surface area contributed by atoms with Crippen molar-refractivity contribution < 1.29 is 19.1 Å². The van der Waals surface area contributed by atoms with Crippen molar-refractivity contribution >= 4 is 11.8 Å². The molecule has 1 heterocycles. The molecule has 0 saturated carbocycles. The van der Waals surface area contributed by atoms with Gasteiger partial charge < -0.3 is 9.47 Å². The predicted octanol–water partition coefficient (Wildman–Crippen LogP) is 1.22. The molecule has 0 N–H and O–H groups in total. The van der Waals surface area contributed by atoms with Crippen molar-refractivity contribution in [2.75, 3.05) is 7.11 Å². The standard InChI is InChI=1S/C10H11NO4/c1-6(12)9-10(15-7(2)13)8(14-3)4-5-11-9/h4-5H,1-3H3. The molecule has 1 rings (SSSR count). The molecule has 0 amide bonds. The summed E-state index contributed by atoms with van der Waals surface area (Å²) in [5, 5.41) is 0. The fourth-order valence-electron chi connectivity index (χ4n) is 1.08. The Bertz CT molecular complexity index is 400. The molecular weight excluding hydrogens is 198 g/mol. The second-order valence-electron chi connectivity index (χ2n) is 2.84. The number of esters is 1. The summed E-state index contributed by atoms with van der Waals surface area (Å²) < 4.78 is 9.85. The van der Waals surface area contributed by atoms with Crippen LogP contribution in [0.5, 0.6) is 11.5 Å². The molecule has 1 aromatic rings. The summed E-state index contributed by atoms with van der Waals surface area (Å²) in [6.45, 7) is 2.59. The van der Waals surface area contributed by atoms with Crippen LogP contribution >= 0.6 is 0 Å². The summed E-state index contributed by atoms with van der Waals surface area (Å²) in [6.07, 6.45) is 1.42. The lowest BCUT2D eigenvalue weighted by Crippen LogP contribution is -2.09. The summed E-state index contributed by atoms with van der Waals surface area (Å²) in [7, 11) is 1.42. The zero-order chi connectivity index (χ0) is 11.4. The zero-order valence-corrected chi connectivity index (χ0v) is 8.73. The van der Waals surface area contributed by atoms with Gasteiger partial charge >= 0.3 is 5.97 Å². The first-order valence-electron chi connectivity index (χ1n) is 4.28. The van der Waals surface area contributed by atoms with E-state index in [1.807, 2.05) is 0 Å². The predicted molar refractivity (Wildman–Crippen MR) is 52.1 cm³/mol. The minimum absolute atomic E-state index is 0.0694. The largest absolute Gasteiger partial charge is 0.493 e. The van der Waals surface area contributed by atoms with Gasteiger partial charge in [0.05, 0.1) is 7.11 Å². The number of rotatable bonds is 3. The summed E-state index contributed by atoms with van der Waals surface area (Å²) in [6, 6.07) is 1.52. The maximum atomic E-state index is 11.2. The molecule has 0 unspecified atom stereocenters. The van der Waals surface area contributed by atoms with Crippen LogP contribution in [0, 0.1) is 0 Å². The number of carbonyl (C=O) groups is 2. The van der Waals surface area contributed by atoms with Crippen LogP contribution in [0.2, 0.25) is 0 Å². The molecule has 0 aliphatic carbocycles. The van der Waals surface area contributed by atoms with E-state index in [2.05, 4.69) is 4.98 Å². The average molecular weight is 209 g/mol. The topological polar surface area (TPSA) is 65.5 Å². The molecule has 15 heavy (non-hydrogen) atoms. The monoisotopic (exact) mass is 209 g/mol. The highest BCUT2D eigenvalue weighted by Gasteiger charge is 2.17. The molecule has 1 aromatic heterocycles. The number of carbonyl (C=O) groups excluding carboxylic acids is 2. The van der Waals surface area contributed by atoms with Crippen molar-refractivity contribution in [3.8, 4) is 11.5 Å². The zero-order valence-electron chi connectivity index (χ0n) is 8.73. The molecule has 0 saturated heterocycles. The lowest BCUT2D eigenvalue weighted by Gasteiger charge is -2.09. The van der Waals surface area contributed by atoms with E-state index < -0.39 is 5.97 Å². The number of nitrogens with zero attached hydrogens (tertiary/aromatic N) is 1. The van der Waals surface area contributed by atoms with E-state index in [0.717, 1.165) is 0 Å². The van der Waals surface area contributed by atoms with E-state index in [1.165, 1.54) is 33.2 Å². The molecule has 0 radical (unpaired) electrons. The molecule has 80 valence electrons. The van der Waals surface area contributed by atoms with Crippen molar-refractivity contribution in [1.29, 1.82) is 0 Å². The second-order valence-corrected chi connectivity index (χ2v) is 2.84. The van der Waals surface area contributed by atoms with Gasteiger partial charge in [0.1, 0.15) is 0 Å². The lowest BCUT2D eigenvalue weighted by atomic mass is 10.2. The van der Waals surface area contributed by atoms with Gasteiger partial charge in [0.2, 0.25) is 5.75 Å². The Kier molecular flexibility index (Phi) is 3.38. The van der Waals surface area contributed by atoms with Crippen molar-refractivity contribution in [2.45, 2.75) is 13.8 Å². The molecule has 0 aliphatic rings. The molecule has 5 nitrogen and oxygen atoms in total. The first kappa shape index (κ1) is 11.2. The van der Waals surface area contributed by atoms with Gasteiger partial charge in [-0.1, -0.05) is 0 Å². The van der Waals surface area contributed by atoms with Crippen LogP contribution in [0.25, 0.3) is 0 Å². The van der Waals surface area contributed by atoms with Crippen LogP contribution in [0.15, 0.2) is 12.3 Å². The van der Waals surface area contributed by atoms with Gasteiger partial charge in [-0.2, -0.15) is 0 Å². The van der Waals surface area contributed by atoms with E-state index in [1.54, 1.807) is 0 Å². The van der Waals surface area contributed by atoms with E-state index in [0.29, 0.717) is 5.75 Å². The summed E-state index contributed by atoms with van der Waals surface area (Å²) in [5.74, 6) is -0.431. The molecular formula is C10H11NO4. The van der Waals surface area contributed by atoms with Gasteiger partial charge in [-0.25, -0.2) is 4.98 Å². The molecule has 0 aromatic carbocycles. The molecule has 0 fully saturated rings. The third-order valence-corrected chi connectivity index (χ3v) is 1.67. The molecule has 0 atom stereocenters. The quantitative estimate of drug-likeness (QED) is 0.553.